The van der Waals surface area contributed by atoms with Crippen molar-refractivity contribution < 1.29 is 15.7 Å². The van der Waals surface area contributed by atoms with Crippen molar-refractivity contribution in [2.45, 2.75) is 32.1 Å². The fourth-order valence-electron chi connectivity index (χ4n) is 3.80. The van der Waals surface area contributed by atoms with Gasteiger partial charge in [-0.1, -0.05) is 35.9 Å². The number of ether oxygens (including phenoxy) is 2. The van der Waals surface area contributed by atoms with E-state index in [4.69, 9.17) is 9.47 Å². The van der Waals surface area contributed by atoms with Crippen molar-refractivity contribution in [1.29, 1.82) is 0 Å². The molecule has 1 saturated carbocycles. The van der Waals surface area contributed by atoms with Crippen molar-refractivity contribution in [1.82, 2.24) is 4.98 Å². The van der Waals surface area contributed by atoms with Gasteiger partial charge >= 0.3 is 0 Å². The number of amides is 1. The van der Waals surface area contributed by atoms with Crippen molar-refractivity contribution in [2.75, 3.05) is 12.1 Å². The molecule has 148 valence electrons. The minimum Gasteiger partial charge on any atom is -0.454 e. The molecule has 0 atom stereocenters. The summed E-state index contributed by atoms with van der Waals surface area (Å²) >= 11 is 0. The van der Waals surface area contributed by atoms with Gasteiger partial charge in [0.15, 0.2) is 11.5 Å². The number of rotatable bonds is 4. The summed E-state index contributed by atoms with van der Waals surface area (Å²) in [6, 6.07) is 16.2. The summed E-state index contributed by atoms with van der Waals surface area (Å²) in [5.74, 6) is 2.03. The molecule has 0 radical (unpaired) electrons. The van der Waals surface area contributed by atoms with Crippen molar-refractivity contribution in [3.63, 3.8) is 0 Å². The number of carbonyl (C=O) groups excluding carboxylic acids is 1. The third-order valence-electron chi connectivity index (χ3n) is 5.80. The molecule has 0 unspecified atom stereocenters. The molecule has 0 bridgehead atoms. The number of fused-ring (bicyclic) bond motifs is 1. The van der Waals surface area contributed by atoms with Crippen molar-refractivity contribution in [2.24, 2.45) is 0 Å². The Morgan fingerprint density at radius 1 is 1.00 bits per heavy atom. The summed E-state index contributed by atoms with van der Waals surface area (Å²) in [5.41, 5.74) is 4.78. The van der Waals surface area contributed by atoms with Crippen LogP contribution in [0.15, 0.2) is 54.7 Å². The van der Waals surface area contributed by atoms with Gasteiger partial charge in [-0.15, -0.1) is 0 Å². The average Bonchev–Trinajstić information content (AvgIpc) is 3.41. The van der Waals surface area contributed by atoms with E-state index in [0.29, 0.717) is 11.6 Å². The lowest BCUT2D eigenvalue weighted by molar-refractivity contribution is -0.118. The minimum absolute atomic E-state index is 0. The second-order valence-corrected chi connectivity index (χ2v) is 7.86. The zero-order valence-electron chi connectivity index (χ0n) is 16.5. The Hall–Kier alpha value is -3.34. The molecule has 1 aliphatic heterocycles. The lowest BCUT2D eigenvalue weighted by Gasteiger charge is -2.17. The molecule has 5 rings (SSSR count). The summed E-state index contributed by atoms with van der Waals surface area (Å²) in [4.78, 5) is 17.7. The Kier molecular flexibility index (Phi) is 4.05. The molecule has 1 amide bonds. The zero-order valence-corrected chi connectivity index (χ0v) is 16.5. The van der Waals surface area contributed by atoms with E-state index in [1.54, 1.807) is 0 Å². The first-order valence-corrected chi connectivity index (χ1v) is 9.80. The fraction of sp³-hybridized carbons (Fsp3) is 0.250. The Balaban J connectivity index is 0.00000218. The topological polar surface area (TPSA) is 60.5 Å². The van der Waals surface area contributed by atoms with Gasteiger partial charge in [-0.05, 0) is 61.6 Å². The van der Waals surface area contributed by atoms with Crippen LogP contribution in [0.5, 0.6) is 11.5 Å². The number of hydrogen-bond donors (Lipinski definition) is 1. The number of pyridine rings is 1. The monoisotopic (exact) mass is 388 g/mol. The van der Waals surface area contributed by atoms with Gasteiger partial charge in [-0.3, -0.25) is 4.79 Å². The molecule has 2 aromatic carbocycles. The van der Waals surface area contributed by atoms with Gasteiger partial charge < -0.3 is 14.8 Å². The summed E-state index contributed by atoms with van der Waals surface area (Å²) in [5, 5.41) is 3.04. The summed E-state index contributed by atoms with van der Waals surface area (Å²) in [7, 11) is 0. The van der Waals surface area contributed by atoms with Gasteiger partial charge in [-0.2, -0.15) is 0 Å². The molecule has 1 fully saturated rings. The molecule has 0 saturated heterocycles. The lowest BCUT2D eigenvalue weighted by atomic mass is 9.94. The third kappa shape index (κ3) is 3.12. The summed E-state index contributed by atoms with van der Waals surface area (Å²) < 4.78 is 10.9. The van der Waals surface area contributed by atoms with E-state index >= 15 is 0 Å². The van der Waals surface area contributed by atoms with Crippen LogP contribution in [-0.4, -0.2) is 17.7 Å². The number of carbonyl (C=O) groups is 1. The number of nitrogens with zero attached hydrogens (tertiary/aromatic N) is 1. The minimum atomic E-state index is -0.509. The van der Waals surface area contributed by atoms with Gasteiger partial charge in [0.2, 0.25) is 12.7 Å². The maximum absolute atomic E-state index is 13.1. The Morgan fingerprint density at radius 3 is 2.48 bits per heavy atom. The van der Waals surface area contributed by atoms with E-state index in [2.05, 4.69) is 47.6 Å². The SMILES string of the molecule is Cc1ccc(-c2cnc(NC(=O)C3(c4ccc5c(c4)OCO5)CC3)c(C)c2)cc1.[HH]. The normalized spacial score (nSPS) is 15.8. The molecule has 1 aromatic heterocycles. The van der Waals surface area contributed by atoms with Crippen LogP contribution in [0.2, 0.25) is 0 Å². The van der Waals surface area contributed by atoms with E-state index in [9.17, 15) is 4.79 Å². The highest BCUT2D eigenvalue weighted by atomic mass is 16.7. The van der Waals surface area contributed by atoms with Crippen LogP contribution in [0, 0.1) is 13.8 Å². The fourth-order valence-corrected chi connectivity index (χ4v) is 3.80. The molecule has 2 heterocycles. The molecular formula is C24H24N2O3. The van der Waals surface area contributed by atoms with Crippen LogP contribution >= 0.6 is 0 Å². The van der Waals surface area contributed by atoms with Crippen LogP contribution < -0.4 is 14.8 Å². The van der Waals surface area contributed by atoms with E-state index < -0.39 is 5.41 Å². The van der Waals surface area contributed by atoms with Gasteiger partial charge in [0.25, 0.3) is 0 Å². The highest BCUT2D eigenvalue weighted by Gasteiger charge is 2.51. The highest BCUT2D eigenvalue weighted by molar-refractivity contribution is 6.01. The lowest BCUT2D eigenvalue weighted by Crippen LogP contribution is -2.28. The first kappa shape index (κ1) is 17.7. The molecule has 1 N–H and O–H groups in total. The third-order valence-corrected chi connectivity index (χ3v) is 5.80. The van der Waals surface area contributed by atoms with Crippen molar-refractivity contribution in [3.05, 3.63) is 71.4 Å². The maximum Gasteiger partial charge on any atom is 0.236 e. The first-order chi connectivity index (χ1) is 14.0. The molecule has 3 aromatic rings. The van der Waals surface area contributed by atoms with Gasteiger partial charge in [0.05, 0.1) is 5.41 Å². The van der Waals surface area contributed by atoms with Crippen molar-refractivity contribution in [3.8, 4) is 22.6 Å². The number of benzene rings is 2. The van der Waals surface area contributed by atoms with Gasteiger partial charge in [0, 0.05) is 13.2 Å². The molecule has 0 spiro atoms. The van der Waals surface area contributed by atoms with Crippen LogP contribution in [-0.2, 0) is 10.2 Å². The molecule has 2 aliphatic rings. The van der Waals surface area contributed by atoms with Crippen LogP contribution in [0.3, 0.4) is 0 Å². The predicted molar refractivity (Wildman–Crippen MR) is 113 cm³/mol. The number of anilines is 1. The number of hydrogen-bond acceptors (Lipinski definition) is 4. The predicted octanol–water partition coefficient (Wildman–Crippen LogP) is 5.01. The molecule has 1 aliphatic carbocycles. The standard InChI is InChI=1S/C24H22N2O3.H2/c1-15-3-5-17(6-4-15)18-11-16(2)22(25-13-18)26-23(27)24(9-10-24)19-7-8-20-21(12-19)29-14-28-20;/h3-8,11-13H,9-10,14H2,1-2H3,(H,25,26,27);1H. The summed E-state index contributed by atoms with van der Waals surface area (Å²) in [6.07, 6.45) is 3.45. The number of nitrogens with one attached hydrogen (secondary N) is 1. The second kappa shape index (κ2) is 6.62. The van der Waals surface area contributed by atoms with Crippen LogP contribution in [0.1, 0.15) is 31.0 Å². The Bertz CT molecular complexity index is 1110. The highest BCUT2D eigenvalue weighted by Crippen LogP contribution is 2.51. The van der Waals surface area contributed by atoms with Gasteiger partial charge in [0.1, 0.15) is 5.82 Å². The van der Waals surface area contributed by atoms with Crippen LogP contribution in [0.25, 0.3) is 11.1 Å². The van der Waals surface area contributed by atoms with Crippen molar-refractivity contribution >= 4 is 11.7 Å². The molecule has 5 nitrogen and oxygen atoms in total. The van der Waals surface area contributed by atoms with Crippen LogP contribution in [0.4, 0.5) is 5.82 Å². The first-order valence-electron chi connectivity index (χ1n) is 9.80. The maximum atomic E-state index is 13.1. The average molecular weight is 388 g/mol. The molecule has 5 heteroatoms. The van der Waals surface area contributed by atoms with E-state index in [1.807, 2.05) is 31.3 Å². The molecule has 29 heavy (non-hydrogen) atoms. The van der Waals surface area contributed by atoms with E-state index in [0.717, 1.165) is 40.8 Å². The molecular weight excluding hydrogens is 364 g/mol. The quantitative estimate of drug-likeness (QED) is 0.682. The summed E-state index contributed by atoms with van der Waals surface area (Å²) in [6.45, 7) is 4.27. The van der Waals surface area contributed by atoms with Gasteiger partial charge in [-0.25, -0.2) is 4.98 Å². The Labute approximate surface area is 171 Å². The number of aryl methyl sites for hydroxylation is 2. The number of aromatic nitrogens is 1. The zero-order chi connectivity index (χ0) is 20.0. The Morgan fingerprint density at radius 2 is 1.76 bits per heavy atom. The van der Waals surface area contributed by atoms with E-state index in [-0.39, 0.29) is 14.1 Å². The smallest absolute Gasteiger partial charge is 0.236 e. The second-order valence-electron chi connectivity index (χ2n) is 7.86. The largest absolute Gasteiger partial charge is 0.454 e. The van der Waals surface area contributed by atoms with E-state index in [1.165, 1.54) is 5.56 Å².